The molecule has 2 N–H and O–H groups in total. The topological polar surface area (TPSA) is 62.5 Å². The predicted octanol–water partition coefficient (Wildman–Crippen LogP) is 4.77. The Morgan fingerprint density at radius 3 is 2.56 bits per heavy atom. The van der Waals surface area contributed by atoms with Crippen LogP contribution in [0.1, 0.15) is 65.0 Å². The van der Waals surface area contributed by atoms with Gasteiger partial charge in [-0.05, 0) is 26.2 Å². The van der Waals surface area contributed by atoms with Crippen molar-refractivity contribution in [3.63, 3.8) is 0 Å². The monoisotopic (exact) mass is 502 g/mol. The number of aliphatic imine (C=N–C) groups is 1. The summed E-state index contributed by atoms with van der Waals surface area (Å²) in [5, 5.41) is 6.21. The summed E-state index contributed by atoms with van der Waals surface area (Å²) >= 11 is 0. The number of hydrogen-bond donors (Lipinski definition) is 2. The van der Waals surface area contributed by atoms with Gasteiger partial charge in [-0.1, -0.05) is 27.2 Å². The van der Waals surface area contributed by atoms with E-state index in [4.69, 9.17) is 4.42 Å². The van der Waals surface area contributed by atoms with Crippen LogP contribution in [0.15, 0.2) is 15.6 Å². The number of rotatable bonds is 4. The van der Waals surface area contributed by atoms with Gasteiger partial charge in [-0.2, -0.15) is 13.2 Å². The fourth-order valence-corrected chi connectivity index (χ4v) is 3.01. The lowest BCUT2D eigenvalue weighted by atomic mass is 9.85. The quantitative estimate of drug-likeness (QED) is 0.354. The number of aromatic nitrogens is 1. The number of nitrogens with zero attached hydrogens (tertiary/aromatic N) is 2. The second-order valence-electron chi connectivity index (χ2n) is 7.81. The van der Waals surface area contributed by atoms with Crippen LogP contribution in [0.3, 0.4) is 0 Å². The van der Waals surface area contributed by atoms with Crippen molar-refractivity contribution >= 4 is 29.9 Å². The van der Waals surface area contributed by atoms with Crippen molar-refractivity contribution < 1.29 is 17.6 Å². The first-order chi connectivity index (χ1) is 12.1. The Balaban J connectivity index is 0.00000364. The van der Waals surface area contributed by atoms with Gasteiger partial charge in [-0.15, -0.1) is 24.0 Å². The molecule has 0 aromatic carbocycles. The minimum atomic E-state index is -4.13. The Morgan fingerprint density at radius 2 is 2.00 bits per heavy atom. The van der Waals surface area contributed by atoms with E-state index in [1.54, 1.807) is 6.20 Å². The molecule has 0 spiro atoms. The highest BCUT2D eigenvalue weighted by Crippen LogP contribution is 2.37. The highest BCUT2D eigenvalue weighted by atomic mass is 127. The first-order valence-electron chi connectivity index (χ1n) is 9.16. The number of guanidine groups is 1. The van der Waals surface area contributed by atoms with Crippen LogP contribution >= 0.6 is 24.0 Å². The molecule has 2 unspecified atom stereocenters. The second-order valence-corrected chi connectivity index (χ2v) is 7.81. The predicted molar refractivity (Wildman–Crippen MR) is 110 cm³/mol. The van der Waals surface area contributed by atoms with E-state index in [0.29, 0.717) is 31.2 Å². The Labute approximate surface area is 176 Å². The van der Waals surface area contributed by atoms with Gasteiger partial charge in [0.05, 0.1) is 12.1 Å². The Bertz CT molecular complexity index is 610. The SMILES string of the molecule is CCNC(=NCc1ncc(C(C)(C)C)o1)NC1CCCC(C(F)(F)F)C1.I. The second kappa shape index (κ2) is 9.97. The number of oxazole rings is 1. The highest BCUT2D eigenvalue weighted by molar-refractivity contribution is 14.0. The summed E-state index contributed by atoms with van der Waals surface area (Å²) in [6.45, 7) is 8.88. The molecule has 0 aliphatic heterocycles. The Hall–Kier alpha value is -1.00. The summed E-state index contributed by atoms with van der Waals surface area (Å²) in [5.41, 5.74) is -0.133. The van der Waals surface area contributed by atoms with Crippen molar-refractivity contribution in [2.24, 2.45) is 10.9 Å². The largest absolute Gasteiger partial charge is 0.443 e. The molecule has 1 aromatic rings. The lowest BCUT2D eigenvalue weighted by Gasteiger charge is -2.31. The van der Waals surface area contributed by atoms with E-state index in [1.165, 1.54) is 0 Å². The average molecular weight is 502 g/mol. The molecule has 0 bridgehead atoms. The highest BCUT2D eigenvalue weighted by Gasteiger charge is 2.42. The number of nitrogens with one attached hydrogen (secondary N) is 2. The molecule has 0 saturated heterocycles. The van der Waals surface area contributed by atoms with Gasteiger partial charge in [-0.3, -0.25) is 0 Å². The van der Waals surface area contributed by atoms with Crippen LogP contribution in [-0.4, -0.2) is 29.7 Å². The zero-order valence-electron chi connectivity index (χ0n) is 16.3. The molecule has 0 radical (unpaired) electrons. The number of alkyl halides is 3. The van der Waals surface area contributed by atoms with Gasteiger partial charge < -0.3 is 15.1 Å². The average Bonchev–Trinajstić information content (AvgIpc) is 3.01. The van der Waals surface area contributed by atoms with Gasteiger partial charge in [0.25, 0.3) is 0 Å². The normalized spacial score (nSPS) is 21.5. The van der Waals surface area contributed by atoms with Gasteiger partial charge in [-0.25, -0.2) is 9.98 Å². The third-order valence-electron chi connectivity index (χ3n) is 4.49. The third kappa shape index (κ3) is 7.50. The Morgan fingerprint density at radius 1 is 1.30 bits per heavy atom. The molecule has 5 nitrogen and oxygen atoms in total. The zero-order chi connectivity index (χ0) is 19.4. The molecule has 2 rings (SSSR count). The van der Waals surface area contributed by atoms with E-state index < -0.39 is 12.1 Å². The number of halogens is 4. The molecule has 1 aliphatic carbocycles. The van der Waals surface area contributed by atoms with Crippen LogP contribution < -0.4 is 10.6 Å². The summed E-state index contributed by atoms with van der Waals surface area (Å²) < 4.78 is 44.6. The standard InChI is InChI=1S/C18H29F3N4O.HI/c1-5-22-16(24-11-15-23-10-14(26-15)17(2,3)4)25-13-8-6-7-12(9-13)18(19,20)21;/h10,12-13H,5-9,11H2,1-4H3,(H2,22,24,25);1H. The Kier molecular flexibility index (Phi) is 8.88. The molecular weight excluding hydrogens is 472 g/mol. The van der Waals surface area contributed by atoms with E-state index in [9.17, 15) is 13.2 Å². The van der Waals surface area contributed by atoms with Gasteiger partial charge in [0.1, 0.15) is 12.3 Å². The molecule has 1 aliphatic rings. The molecule has 2 atom stereocenters. The van der Waals surface area contributed by atoms with Gasteiger partial charge >= 0.3 is 6.18 Å². The molecule has 1 saturated carbocycles. The van der Waals surface area contributed by atoms with E-state index >= 15 is 0 Å². The maximum Gasteiger partial charge on any atom is 0.391 e. The first-order valence-corrected chi connectivity index (χ1v) is 9.16. The third-order valence-corrected chi connectivity index (χ3v) is 4.49. The summed E-state index contributed by atoms with van der Waals surface area (Å²) in [6, 6.07) is -0.233. The number of hydrogen-bond acceptors (Lipinski definition) is 3. The van der Waals surface area contributed by atoms with E-state index in [0.717, 1.165) is 5.76 Å². The maximum atomic E-state index is 13.0. The van der Waals surface area contributed by atoms with Crippen LogP contribution in [0, 0.1) is 5.92 Å². The zero-order valence-corrected chi connectivity index (χ0v) is 18.6. The lowest BCUT2D eigenvalue weighted by molar-refractivity contribution is -0.183. The summed E-state index contributed by atoms with van der Waals surface area (Å²) in [7, 11) is 0. The van der Waals surface area contributed by atoms with Gasteiger partial charge in [0.15, 0.2) is 5.96 Å². The molecule has 9 heteroatoms. The minimum Gasteiger partial charge on any atom is -0.443 e. The smallest absolute Gasteiger partial charge is 0.391 e. The molecule has 1 aromatic heterocycles. The maximum absolute atomic E-state index is 13.0. The van der Waals surface area contributed by atoms with E-state index in [-0.39, 0.29) is 54.8 Å². The molecule has 0 amide bonds. The van der Waals surface area contributed by atoms with Crippen molar-refractivity contribution in [1.82, 2.24) is 15.6 Å². The van der Waals surface area contributed by atoms with E-state index in [2.05, 4.69) is 20.6 Å². The van der Waals surface area contributed by atoms with Crippen LogP contribution in [0.25, 0.3) is 0 Å². The van der Waals surface area contributed by atoms with Crippen molar-refractivity contribution in [2.75, 3.05) is 6.54 Å². The van der Waals surface area contributed by atoms with Gasteiger partial charge in [0, 0.05) is 18.0 Å². The molecular formula is C18H30F3IN4O. The van der Waals surface area contributed by atoms with Crippen LogP contribution in [0.2, 0.25) is 0 Å². The van der Waals surface area contributed by atoms with Crippen molar-refractivity contribution in [2.45, 2.75) is 77.6 Å². The molecule has 156 valence electrons. The van der Waals surface area contributed by atoms with Gasteiger partial charge in [0.2, 0.25) is 5.89 Å². The summed E-state index contributed by atoms with van der Waals surface area (Å²) in [5.74, 6) is 0.526. The molecule has 1 fully saturated rings. The van der Waals surface area contributed by atoms with Crippen LogP contribution in [0.4, 0.5) is 13.2 Å². The first kappa shape index (κ1) is 24.0. The van der Waals surface area contributed by atoms with Crippen LogP contribution in [-0.2, 0) is 12.0 Å². The van der Waals surface area contributed by atoms with Crippen molar-refractivity contribution in [3.05, 3.63) is 17.8 Å². The summed E-state index contributed by atoms with van der Waals surface area (Å²) in [6.07, 6.45) is -0.861. The molecule has 27 heavy (non-hydrogen) atoms. The fourth-order valence-electron chi connectivity index (χ4n) is 3.01. The van der Waals surface area contributed by atoms with Crippen molar-refractivity contribution in [1.29, 1.82) is 0 Å². The van der Waals surface area contributed by atoms with Crippen LogP contribution in [0.5, 0.6) is 0 Å². The van der Waals surface area contributed by atoms with Crippen molar-refractivity contribution in [3.8, 4) is 0 Å². The fraction of sp³-hybridized carbons (Fsp3) is 0.778. The minimum absolute atomic E-state index is 0. The summed E-state index contributed by atoms with van der Waals surface area (Å²) in [4.78, 5) is 8.65. The molecule has 1 heterocycles. The lowest BCUT2D eigenvalue weighted by Crippen LogP contribution is -2.46. The van der Waals surface area contributed by atoms with E-state index in [1.807, 2.05) is 27.7 Å².